The summed E-state index contributed by atoms with van der Waals surface area (Å²) >= 11 is 0. The zero-order valence-corrected chi connectivity index (χ0v) is 23.2. The molecule has 0 fully saturated rings. The summed E-state index contributed by atoms with van der Waals surface area (Å²) < 4.78 is 33.9. The van der Waals surface area contributed by atoms with Crippen LogP contribution in [-0.4, -0.2) is 38.3 Å². The van der Waals surface area contributed by atoms with Crippen LogP contribution < -0.4 is 9.46 Å². The molecule has 0 saturated heterocycles. The Hall–Kier alpha value is -3.97. The molecule has 4 aromatic carbocycles. The number of sulfonamides is 1. The van der Waals surface area contributed by atoms with Gasteiger partial charge in [-0.3, -0.25) is 14.5 Å². The van der Waals surface area contributed by atoms with E-state index in [0.717, 1.165) is 33.9 Å². The van der Waals surface area contributed by atoms with Crippen LogP contribution in [0.5, 0.6) is 5.75 Å². The van der Waals surface area contributed by atoms with E-state index < -0.39 is 10.0 Å². The molecule has 4 aromatic rings. The highest BCUT2D eigenvalue weighted by Crippen LogP contribution is 2.31. The van der Waals surface area contributed by atoms with Gasteiger partial charge in [-0.05, 0) is 72.9 Å². The van der Waals surface area contributed by atoms with Gasteiger partial charge in [0, 0.05) is 16.8 Å². The second kappa shape index (κ2) is 10.7. The lowest BCUT2D eigenvalue weighted by Crippen LogP contribution is -2.30. The first-order valence-electron chi connectivity index (χ1n) is 13.0. The maximum absolute atomic E-state index is 13.4. The summed E-state index contributed by atoms with van der Waals surface area (Å²) in [5, 5.41) is 2.13. The maximum atomic E-state index is 13.4. The summed E-state index contributed by atoms with van der Waals surface area (Å²) in [4.78, 5) is 18.2. The van der Waals surface area contributed by atoms with Crippen LogP contribution in [-0.2, 0) is 22.9 Å². The van der Waals surface area contributed by atoms with Crippen molar-refractivity contribution < 1.29 is 17.9 Å². The monoisotopic (exact) mass is 540 g/mol. The van der Waals surface area contributed by atoms with E-state index >= 15 is 0 Å². The highest BCUT2D eigenvalue weighted by Gasteiger charge is 2.28. The number of fused-ring (bicyclic) bond motifs is 2. The Morgan fingerprint density at radius 1 is 0.974 bits per heavy atom. The van der Waals surface area contributed by atoms with Crippen LogP contribution in [0.25, 0.3) is 10.8 Å². The van der Waals surface area contributed by atoms with Gasteiger partial charge in [0.15, 0.2) is 5.78 Å². The number of hydrogen-bond donors (Lipinski definition) is 1. The number of hydrogen-bond acceptors (Lipinski definition) is 5. The Morgan fingerprint density at radius 2 is 1.74 bits per heavy atom. The molecular weight excluding hydrogens is 508 g/mol. The minimum absolute atomic E-state index is 0.0658. The van der Waals surface area contributed by atoms with Gasteiger partial charge < -0.3 is 4.74 Å². The van der Waals surface area contributed by atoms with E-state index in [9.17, 15) is 13.2 Å². The fourth-order valence-electron chi connectivity index (χ4n) is 5.17. The number of benzene rings is 4. The number of ketones is 1. The standard InChI is InChI=1S/C32H32N2O4S/c1-32(2)21-25-14-15-27(38-3)19-29(25)30(33-32)20-31(35)24-11-7-12-26(18-24)34-39(36,37)17-16-23-10-6-9-22-8-4-5-13-28(22)23/h4-15,18-19,34H,16-17,20-21H2,1-3H3. The van der Waals surface area contributed by atoms with Gasteiger partial charge in [-0.25, -0.2) is 8.42 Å². The predicted octanol–water partition coefficient (Wildman–Crippen LogP) is 6.23. The van der Waals surface area contributed by atoms with E-state index in [-0.39, 0.29) is 23.5 Å². The van der Waals surface area contributed by atoms with Gasteiger partial charge in [-0.2, -0.15) is 0 Å². The molecule has 1 aliphatic heterocycles. The molecule has 5 rings (SSSR count). The number of anilines is 1. The van der Waals surface area contributed by atoms with Crippen molar-refractivity contribution in [1.82, 2.24) is 0 Å². The highest BCUT2D eigenvalue weighted by molar-refractivity contribution is 7.92. The fraction of sp³-hybridized carbons (Fsp3) is 0.250. The maximum Gasteiger partial charge on any atom is 0.233 e. The number of nitrogens with one attached hydrogen (secondary N) is 1. The van der Waals surface area contributed by atoms with E-state index in [4.69, 9.17) is 9.73 Å². The zero-order chi connectivity index (χ0) is 27.6. The molecule has 1 heterocycles. The number of aliphatic imine (C=N–C) groups is 1. The van der Waals surface area contributed by atoms with Crippen LogP contribution in [0.15, 0.2) is 89.9 Å². The molecule has 6 nitrogen and oxygen atoms in total. The molecule has 7 heteroatoms. The van der Waals surface area contributed by atoms with Crippen LogP contribution in [0.2, 0.25) is 0 Å². The Balaban J connectivity index is 1.31. The van der Waals surface area contributed by atoms with E-state index in [1.54, 1.807) is 31.4 Å². The van der Waals surface area contributed by atoms with Crippen molar-refractivity contribution in [2.24, 2.45) is 4.99 Å². The number of Topliss-reactive ketones (excluding diaryl/α,β-unsaturated/α-hetero) is 1. The molecule has 0 unspecified atom stereocenters. The molecule has 0 aromatic heterocycles. The van der Waals surface area contributed by atoms with Crippen molar-refractivity contribution in [2.45, 2.75) is 38.6 Å². The lowest BCUT2D eigenvalue weighted by molar-refractivity contribution is 0.100. The fourth-order valence-corrected chi connectivity index (χ4v) is 6.24. The van der Waals surface area contributed by atoms with Gasteiger partial charge in [-0.1, -0.05) is 60.7 Å². The molecule has 0 radical (unpaired) electrons. The molecule has 0 saturated carbocycles. The molecule has 0 amide bonds. The average Bonchev–Trinajstić information content (AvgIpc) is 2.91. The molecule has 1 aliphatic rings. The molecule has 0 bridgehead atoms. The van der Waals surface area contributed by atoms with Crippen molar-refractivity contribution in [3.8, 4) is 5.75 Å². The first kappa shape index (κ1) is 26.6. The Bertz CT molecular complexity index is 1680. The zero-order valence-electron chi connectivity index (χ0n) is 22.4. The predicted molar refractivity (Wildman–Crippen MR) is 158 cm³/mol. The highest BCUT2D eigenvalue weighted by atomic mass is 32.2. The van der Waals surface area contributed by atoms with Crippen molar-refractivity contribution in [1.29, 1.82) is 0 Å². The second-order valence-corrected chi connectivity index (χ2v) is 12.4. The topological polar surface area (TPSA) is 84.8 Å². The Labute approximate surface area is 229 Å². The van der Waals surface area contributed by atoms with Crippen LogP contribution in [0.4, 0.5) is 5.69 Å². The Kier molecular flexibility index (Phi) is 7.28. The minimum atomic E-state index is -3.63. The summed E-state index contributed by atoms with van der Waals surface area (Å²) in [5.74, 6) is 0.523. The SMILES string of the molecule is COc1ccc2c(c1)C(CC(=O)c1cccc(NS(=O)(=O)CCc3cccc4ccccc34)c1)=NC(C)(C)C2. The number of aryl methyl sites for hydroxylation is 1. The third kappa shape index (κ3) is 6.20. The van der Waals surface area contributed by atoms with Gasteiger partial charge in [0.2, 0.25) is 10.0 Å². The number of carbonyl (C=O) groups excluding carboxylic acids is 1. The minimum Gasteiger partial charge on any atom is -0.497 e. The normalized spacial score (nSPS) is 14.4. The number of rotatable bonds is 9. The van der Waals surface area contributed by atoms with E-state index in [2.05, 4.69) is 18.6 Å². The number of ether oxygens (including phenoxy) is 1. The van der Waals surface area contributed by atoms with E-state index in [1.807, 2.05) is 60.7 Å². The number of nitrogens with zero attached hydrogens (tertiary/aromatic N) is 1. The smallest absolute Gasteiger partial charge is 0.233 e. The first-order valence-corrected chi connectivity index (χ1v) is 14.6. The van der Waals surface area contributed by atoms with Gasteiger partial charge >= 0.3 is 0 Å². The molecular formula is C32H32N2O4S. The molecule has 1 N–H and O–H groups in total. The Morgan fingerprint density at radius 3 is 2.56 bits per heavy atom. The van der Waals surface area contributed by atoms with Crippen molar-refractivity contribution >= 4 is 38.0 Å². The van der Waals surface area contributed by atoms with Crippen molar-refractivity contribution in [2.75, 3.05) is 17.6 Å². The quantitative estimate of drug-likeness (QED) is 0.255. The van der Waals surface area contributed by atoms with E-state index in [1.165, 1.54) is 0 Å². The summed E-state index contributed by atoms with van der Waals surface area (Å²) in [5.41, 5.74) is 4.23. The third-order valence-electron chi connectivity index (χ3n) is 6.99. The number of methoxy groups -OCH3 is 1. The van der Waals surface area contributed by atoms with Gasteiger partial charge in [0.25, 0.3) is 0 Å². The molecule has 39 heavy (non-hydrogen) atoms. The van der Waals surface area contributed by atoms with Crippen LogP contribution in [0.3, 0.4) is 0 Å². The molecule has 0 atom stereocenters. The number of carbonyl (C=O) groups is 1. The summed E-state index contributed by atoms with van der Waals surface area (Å²) in [6.45, 7) is 4.11. The largest absolute Gasteiger partial charge is 0.497 e. The van der Waals surface area contributed by atoms with Gasteiger partial charge in [0.1, 0.15) is 5.75 Å². The summed E-state index contributed by atoms with van der Waals surface area (Å²) in [6, 6.07) is 26.4. The third-order valence-corrected chi connectivity index (χ3v) is 8.28. The average molecular weight is 541 g/mol. The molecule has 200 valence electrons. The van der Waals surface area contributed by atoms with Crippen LogP contribution >= 0.6 is 0 Å². The summed E-state index contributed by atoms with van der Waals surface area (Å²) in [6.07, 6.45) is 1.27. The molecule has 0 spiro atoms. The van der Waals surface area contributed by atoms with Crippen LogP contribution in [0, 0.1) is 0 Å². The lowest BCUT2D eigenvalue weighted by atomic mass is 9.85. The van der Waals surface area contributed by atoms with Crippen molar-refractivity contribution in [3.63, 3.8) is 0 Å². The van der Waals surface area contributed by atoms with Crippen LogP contribution in [0.1, 0.15) is 47.3 Å². The molecule has 0 aliphatic carbocycles. The van der Waals surface area contributed by atoms with E-state index in [0.29, 0.717) is 29.1 Å². The second-order valence-electron chi connectivity index (χ2n) is 10.6. The lowest BCUT2D eigenvalue weighted by Gasteiger charge is -2.29. The van der Waals surface area contributed by atoms with Gasteiger partial charge in [0.05, 0.1) is 30.5 Å². The summed E-state index contributed by atoms with van der Waals surface area (Å²) in [7, 11) is -2.02. The first-order chi connectivity index (χ1) is 18.6. The van der Waals surface area contributed by atoms with Crippen molar-refractivity contribution in [3.05, 3.63) is 107 Å². The van der Waals surface area contributed by atoms with Gasteiger partial charge in [-0.15, -0.1) is 0 Å².